The van der Waals surface area contributed by atoms with Gasteiger partial charge in [0.1, 0.15) is 0 Å². The summed E-state index contributed by atoms with van der Waals surface area (Å²) in [6.07, 6.45) is 4.47. The van der Waals surface area contributed by atoms with Crippen molar-refractivity contribution in [2.24, 2.45) is 0 Å². The predicted molar refractivity (Wildman–Crippen MR) is 71.8 cm³/mol. The van der Waals surface area contributed by atoms with Crippen molar-refractivity contribution in [1.29, 1.82) is 0 Å². The van der Waals surface area contributed by atoms with Gasteiger partial charge in [0, 0.05) is 24.2 Å². The Labute approximate surface area is 111 Å². The van der Waals surface area contributed by atoms with Crippen molar-refractivity contribution in [1.82, 2.24) is 5.32 Å². The topological polar surface area (TPSA) is 63.2 Å². The highest BCUT2D eigenvalue weighted by Gasteiger charge is 2.07. The third-order valence-corrected chi connectivity index (χ3v) is 3.53. The van der Waals surface area contributed by atoms with Crippen molar-refractivity contribution >= 4 is 31.7 Å². The molecule has 0 heterocycles. The van der Waals surface area contributed by atoms with E-state index in [4.69, 9.17) is 10.7 Å². The maximum atomic E-state index is 11.0. The first-order valence-corrected chi connectivity index (χ1v) is 7.66. The molecule has 4 nitrogen and oxygen atoms in total. The second-order valence-electron chi connectivity index (χ2n) is 3.68. The van der Waals surface area contributed by atoms with Gasteiger partial charge in [-0.1, -0.05) is 24.3 Å². The fourth-order valence-corrected chi connectivity index (χ4v) is 2.06. The van der Waals surface area contributed by atoms with Crippen molar-refractivity contribution in [3.05, 3.63) is 35.9 Å². The lowest BCUT2D eigenvalue weighted by Crippen LogP contribution is -2.20. The van der Waals surface area contributed by atoms with Crippen LogP contribution in [-0.4, -0.2) is 20.9 Å². The van der Waals surface area contributed by atoms with Gasteiger partial charge in [0.2, 0.25) is 5.91 Å². The molecule has 0 radical (unpaired) electrons. The SMILES string of the molecule is CC(=O)NCCC=Cc1ccc(S(=O)(=O)Cl)cc1. The molecule has 0 bridgehead atoms. The number of carbonyl (C=O) groups is 1. The number of nitrogens with one attached hydrogen (secondary N) is 1. The summed E-state index contributed by atoms with van der Waals surface area (Å²) in [6, 6.07) is 6.25. The Morgan fingerprint density at radius 2 is 1.94 bits per heavy atom. The van der Waals surface area contributed by atoms with E-state index in [1.165, 1.54) is 19.1 Å². The highest BCUT2D eigenvalue weighted by molar-refractivity contribution is 8.13. The number of benzene rings is 1. The second-order valence-corrected chi connectivity index (χ2v) is 6.25. The number of hydrogen-bond donors (Lipinski definition) is 1. The van der Waals surface area contributed by atoms with E-state index in [1.807, 2.05) is 12.2 Å². The van der Waals surface area contributed by atoms with Crippen LogP contribution in [0.4, 0.5) is 0 Å². The fourth-order valence-electron chi connectivity index (χ4n) is 1.29. The number of halogens is 1. The van der Waals surface area contributed by atoms with Gasteiger partial charge < -0.3 is 5.32 Å². The molecule has 0 fully saturated rings. The molecule has 1 aromatic rings. The molecule has 0 unspecified atom stereocenters. The van der Waals surface area contributed by atoms with Crippen molar-refractivity contribution in [3.63, 3.8) is 0 Å². The zero-order valence-electron chi connectivity index (χ0n) is 9.89. The number of carbonyl (C=O) groups excluding carboxylic acids is 1. The average molecular weight is 288 g/mol. The van der Waals surface area contributed by atoms with E-state index in [2.05, 4.69) is 5.32 Å². The quantitative estimate of drug-likeness (QED) is 0.667. The summed E-state index contributed by atoms with van der Waals surface area (Å²) in [7, 11) is 1.54. The molecular formula is C12H14ClNO3S. The highest BCUT2D eigenvalue weighted by atomic mass is 35.7. The van der Waals surface area contributed by atoms with E-state index in [0.29, 0.717) is 6.54 Å². The van der Waals surface area contributed by atoms with Gasteiger partial charge in [0.05, 0.1) is 4.90 Å². The highest BCUT2D eigenvalue weighted by Crippen LogP contribution is 2.15. The monoisotopic (exact) mass is 287 g/mol. The van der Waals surface area contributed by atoms with Crippen molar-refractivity contribution < 1.29 is 13.2 Å². The van der Waals surface area contributed by atoms with Crippen molar-refractivity contribution in [2.45, 2.75) is 18.2 Å². The largest absolute Gasteiger partial charge is 0.356 e. The Hall–Kier alpha value is -1.33. The molecule has 0 aromatic heterocycles. The standard InChI is InChI=1S/C12H14ClNO3S/c1-10(15)14-9-3-2-4-11-5-7-12(8-6-11)18(13,16)17/h2,4-8H,3,9H2,1H3,(H,14,15). The molecule has 1 rings (SSSR count). The van der Waals surface area contributed by atoms with Gasteiger partial charge in [-0.05, 0) is 24.1 Å². The molecule has 98 valence electrons. The predicted octanol–water partition coefficient (Wildman–Crippen LogP) is 2.15. The molecule has 1 N–H and O–H groups in total. The molecular weight excluding hydrogens is 274 g/mol. The lowest BCUT2D eigenvalue weighted by Gasteiger charge is -1.98. The van der Waals surface area contributed by atoms with E-state index < -0.39 is 9.05 Å². The summed E-state index contributed by atoms with van der Waals surface area (Å²) in [6.45, 7) is 2.05. The van der Waals surface area contributed by atoms with Gasteiger partial charge >= 0.3 is 0 Å². The number of hydrogen-bond acceptors (Lipinski definition) is 3. The molecule has 0 aliphatic carbocycles. The third-order valence-electron chi connectivity index (χ3n) is 2.16. The molecule has 0 saturated carbocycles. The number of rotatable bonds is 5. The van der Waals surface area contributed by atoms with Crippen LogP contribution in [0.15, 0.2) is 35.2 Å². The molecule has 0 saturated heterocycles. The lowest BCUT2D eigenvalue weighted by atomic mass is 10.2. The Morgan fingerprint density at radius 3 is 2.44 bits per heavy atom. The van der Waals surface area contributed by atoms with Crippen LogP contribution < -0.4 is 5.32 Å². The second kappa shape index (κ2) is 6.56. The van der Waals surface area contributed by atoms with E-state index in [0.717, 1.165) is 12.0 Å². The van der Waals surface area contributed by atoms with E-state index in [-0.39, 0.29) is 10.8 Å². The van der Waals surface area contributed by atoms with Crippen molar-refractivity contribution in [3.8, 4) is 0 Å². The van der Waals surface area contributed by atoms with Crippen LogP contribution in [0.25, 0.3) is 6.08 Å². The van der Waals surface area contributed by atoms with Crippen LogP contribution in [0.2, 0.25) is 0 Å². The zero-order chi connectivity index (χ0) is 13.6. The molecule has 6 heteroatoms. The van der Waals surface area contributed by atoms with Gasteiger partial charge in [-0.15, -0.1) is 0 Å². The minimum atomic E-state index is -3.66. The summed E-state index contributed by atoms with van der Waals surface area (Å²) < 4.78 is 22.0. The van der Waals surface area contributed by atoms with E-state index >= 15 is 0 Å². The van der Waals surface area contributed by atoms with E-state index in [9.17, 15) is 13.2 Å². The summed E-state index contributed by atoms with van der Waals surface area (Å²) in [5.41, 5.74) is 0.877. The summed E-state index contributed by atoms with van der Waals surface area (Å²) in [4.78, 5) is 10.7. The summed E-state index contributed by atoms with van der Waals surface area (Å²) >= 11 is 0. The Kier molecular flexibility index (Phi) is 5.37. The lowest BCUT2D eigenvalue weighted by molar-refractivity contribution is -0.118. The maximum absolute atomic E-state index is 11.0. The first-order valence-electron chi connectivity index (χ1n) is 5.35. The van der Waals surface area contributed by atoms with Crippen LogP contribution >= 0.6 is 10.7 Å². The zero-order valence-corrected chi connectivity index (χ0v) is 11.5. The molecule has 18 heavy (non-hydrogen) atoms. The molecule has 0 atom stereocenters. The molecule has 0 aliphatic heterocycles. The van der Waals surface area contributed by atoms with Gasteiger partial charge in [0.15, 0.2) is 0 Å². The van der Waals surface area contributed by atoms with Crippen molar-refractivity contribution in [2.75, 3.05) is 6.54 Å². The minimum Gasteiger partial charge on any atom is -0.356 e. The fraction of sp³-hybridized carbons (Fsp3) is 0.250. The summed E-state index contributed by atoms with van der Waals surface area (Å²) in [5.74, 6) is -0.0555. The van der Waals surface area contributed by atoms with Gasteiger partial charge in [-0.25, -0.2) is 8.42 Å². The smallest absolute Gasteiger partial charge is 0.261 e. The van der Waals surface area contributed by atoms with Gasteiger partial charge in [-0.3, -0.25) is 4.79 Å². The maximum Gasteiger partial charge on any atom is 0.261 e. The molecule has 1 amide bonds. The molecule has 1 aromatic carbocycles. The Morgan fingerprint density at radius 1 is 1.33 bits per heavy atom. The normalized spacial score (nSPS) is 11.7. The first kappa shape index (κ1) is 14.7. The minimum absolute atomic E-state index is 0.0555. The van der Waals surface area contributed by atoms with Crippen LogP contribution in [0.3, 0.4) is 0 Å². The van der Waals surface area contributed by atoms with Crippen LogP contribution in [0.5, 0.6) is 0 Å². The average Bonchev–Trinajstić information content (AvgIpc) is 2.27. The molecule has 0 spiro atoms. The Bertz CT molecular complexity index is 535. The third kappa shape index (κ3) is 5.33. The summed E-state index contributed by atoms with van der Waals surface area (Å²) in [5, 5.41) is 2.67. The van der Waals surface area contributed by atoms with Crippen LogP contribution in [0.1, 0.15) is 18.9 Å². The van der Waals surface area contributed by atoms with E-state index in [1.54, 1.807) is 12.1 Å². The molecule has 0 aliphatic rings. The van der Waals surface area contributed by atoms with Gasteiger partial charge in [-0.2, -0.15) is 0 Å². The number of amides is 1. The van der Waals surface area contributed by atoms with Crippen LogP contribution in [-0.2, 0) is 13.8 Å². The first-order chi connectivity index (χ1) is 8.39. The van der Waals surface area contributed by atoms with Gasteiger partial charge in [0.25, 0.3) is 9.05 Å². The van der Waals surface area contributed by atoms with Crippen LogP contribution in [0, 0.1) is 0 Å². The Balaban J connectivity index is 2.54.